The van der Waals surface area contributed by atoms with Crippen LogP contribution in [0.2, 0.25) is 0 Å². The highest BCUT2D eigenvalue weighted by Crippen LogP contribution is 2.11. The number of amides is 1. The van der Waals surface area contributed by atoms with E-state index in [0.717, 1.165) is 11.3 Å². The van der Waals surface area contributed by atoms with Crippen LogP contribution in [0.15, 0.2) is 49.3 Å². The molecule has 0 saturated carbocycles. The number of carbonyl (C=O) groups excluding carboxylic acids is 1. The molecule has 0 aliphatic rings. The summed E-state index contributed by atoms with van der Waals surface area (Å²) in [6, 6.07) is 7.54. The van der Waals surface area contributed by atoms with Crippen LogP contribution in [0, 0.1) is 6.92 Å². The summed E-state index contributed by atoms with van der Waals surface area (Å²) in [6.07, 6.45) is 6.18. The number of carbonyl (C=O) groups is 1. The number of rotatable bonds is 4. The molecule has 3 rings (SSSR count). The van der Waals surface area contributed by atoms with Crippen LogP contribution in [-0.4, -0.2) is 30.6 Å². The largest absolute Gasteiger partial charge is 0.321 e. The summed E-state index contributed by atoms with van der Waals surface area (Å²) in [5, 5.41) is 6.84. The Morgan fingerprint density at radius 1 is 1.18 bits per heavy atom. The van der Waals surface area contributed by atoms with Crippen molar-refractivity contribution < 1.29 is 4.79 Å². The molecule has 1 N–H and O–H groups in total. The Morgan fingerprint density at radius 3 is 2.64 bits per heavy atom. The molecule has 1 aromatic carbocycles. The maximum absolute atomic E-state index is 12.0. The van der Waals surface area contributed by atoms with E-state index in [1.54, 1.807) is 17.2 Å². The van der Waals surface area contributed by atoms with Crippen LogP contribution in [-0.2, 0) is 6.54 Å². The van der Waals surface area contributed by atoms with Crippen LogP contribution in [0.3, 0.4) is 0 Å². The average molecular weight is 294 g/mol. The average Bonchev–Trinajstić information content (AvgIpc) is 3.03. The van der Waals surface area contributed by atoms with E-state index < -0.39 is 0 Å². The predicted molar refractivity (Wildman–Crippen MR) is 80.3 cm³/mol. The van der Waals surface area contributed by atoms with Gasteiger partial charge >= 0.3 is 0 Å². The van der Waals surface area contributed by atoms with E-state index in [0.29, 0.717) is 12.2 Å². The van der Waals surface area contributed by atoms with E-state index >= 15 is 0 Å². The molecule has 110 valence electrons. The zero-order chi connectivity index (χ0) is 15.4. The minimum Gasteiger partial charge on any atom is -0.321 e. The minimum absolute atomic E-state index is 0.281. The number of aromatic nitrogens is 5. The molecule has 0 spiro atoms. The zero-order valence-corrected chi connectivity index (χ0v) is 12.0. The number of hydrogen-bond acceptors (Lipinski definition) is 5. The van der Waals surface area contributed by atoms with Gasteiger partial charge in [0.15, 0.2) is 0 Å². The van der Waals surface area contributed by atoms with Gasteiger partial charge in [-0.25, -0.2) is 14.6 Å². The van der Waals surface area contributed by atoms with E-state index in [-0.39, 0.29) is 11.6 Å². The van der Waals surface area contributed by atoms with Crippen molar-refractivity contribution in [1.82, 2.24) is 24.7 Å². The van der Waals surface area contributed by atoms with Crippen molar-refractivity contribution in [2.24, 2.45) is 0 Å². The van der Waals surface area contributed by atoms with Crippen LogP contribution in [0.1, 0.15) is 21.7 Å². The molecule has 3 aromatic rings. The van der Waals surface area contributed by atoms with Crippen molar-refractivity contribution in [1.29, 1.82) is 0 Å². The second-order valence-electron chi connectivity index (χ2n) is 4.79. The summed E-state index contributed by atoms with van der Waals surface area (Å²) in [6.45, 7) is 2.46. The second kappa shape index (κ2) is 6.13. The Balaban J connectivity index is 1.65. The molecule has 2 heterocycles. The van der Waals surface area contributed by atoms with E-state index in [2.05, 4.69) is 25.4 Å². The van der Waals surface area contributed by atoms with Crippen LogP contribution < -0.4 is 5.32 Å². The second-order valence-corrected chi connectivity index (χ2v) is 4.79. The van der Waals surface area contributed by atoms with Gasteiger partial charge in [0, 0.05) is 11.9 Å². The molecule has 0 atom stereocenters. The van der Waals surface area contributed by atoms with Crippen LogP contribution in [0.4, 0.5) is 5.69 Å². The third-order valence-corrected chi connectivity index (χ3v) is 3.04. The van der Waals surface area contributed by atoms with Gasteiger partial charge in [0.25, 0.3) is 5.91 Å². The predicted octanol–water partition coefficient (Wildman–Crippen LogP) is 1.68. The van der Waals surface area contributed by atoms with Gasteiger partial charge in [-0.1, -0.05) is 12.1 Å². The van der Waals surface area contributed by atoms with E-state index in [9.17, 15) is 4.79 Å². The third-order valence-electron chi connectivity index (χ3n) is 3.04. The standard InChI is InChI=1S/C15H14N6O/c1-11-6-18-14(7-17-11)15(22)20-13-4-2-12(3-5-13)8-21-10-16-9-19-21/h2-7,9-10H,8H2,1H3,(H,20,22). The quantitative estimate of drug-likeness (QED) is 0.791. The molecule has 0 saturated heterocycles. The summed E-state index contributed by atoms with van der Waals surface area (Å²) in [5.74, 6) is -0.281. The normalized spacial score (nSPS) is 10.4. The van der Waals surface area contributed by atoms with Crippen molar-refractivity contribution in [3.8, 4) is 0 Å². The van der Waals surface area contributed by atoms with Gasteiger partial charge in [-0.2, -0.15) is 5.10 Å². The maximum Gasteiger partial charge on any atom is 0.275 e. The highest BCUT2D eigenvalue weighted by atomic mass is 16.1. The summed E-state index contributed by atoms with van der Waals surface area (Å²) < 4.78 is 1.73. The molecule has 2 aromatic heterocycles. The van der Waals surface area contributed by atoms with Crippen molar-refractivity contribution in [3.05, 3.63) is 66.3 Å². The topological polar surface area (TPSA) is 85.6 Å². The fourth-order valence-corrected chi connectivity index (χ4v) is 1.90. The van der Waals surface area contributed by atoms with Gasteiger partial charge in [-0.05, 0) is 24.6 Å². The number of anilines is 1. The fourth-order valence-electron chi connectivity index (χ4n) is 1.90. The maximum atomic E-state index is 12.0. The zero-order valence-electron chi connectivity index (χ0n) is 12.0. The Bertz CT molecular complexity index is 750. The van der Waals surface area contributed by atoms with Crippen LogP contribution in [0.25, 0.3) is 0 Å². The highest BCUT2D eigenvalue weighted by molar-refractivity contribution is 6.02. The third kappa shape index (κ3) is 3.32. The first-order chi connectivity index (χ1) is 10.7. The van der Waals surface area contributed by atoms with Gasteiger partial charge in [0.05, 0.1) is 18.4 Å². The molecule has 7 heteroatoms. The molecule has 0 fully saturated rings. The van der Waals surface area contributed by atoms with Crippen molar-refractivity contribution in [3.63, 3.8) is 0 Å². The lowest BCUT2D eigenvalue weighted by Gasteiger charge is -2.06. The lowest BCUT2D eigenvalue weighted by Crippen LogP contribution is -2.14. The molecule has 0 aliphatic heterocycles. The number of aryl methyl sites for hydroxylation is 1. The van der Waals surface area contributed by atoms with E-state index in [4.69, 9.17) is 0 Å². The first-order valence-corrected chi connectivity index (χ1v) is 6.72. The van der Waals surface area contributed by atoms with Crippen LogP contribution in [0.5, 0.6) is 0 Å². The molecule has 0 aliphatic carbocycles. The fraction of sp³-hybridized carbons (Fsp3) is 0.133. The van der Waals surface area contributed by atoms with Gasteiger partial charge in [0.2, 0.25) is 0 Å². The molecule has 0 radical (unpaired) electrons. The van der Waals surface area contributed by atoms with Gasteiger partial charge in [0.1, 0.15) is 18.3 Å². The Kier molecular flexibility index (Phi) is 3.86. The van der Waals surface area contributed by atoms with Gasteiger partial charge in [-0.3, -0.25) is 9.78 Å². The lowest BCUT2D eigenvalue weighted by molar-refractivity contribution is 0.102. The number of benzene rings is 1. The summed E-state index contributed by atoms with van der Waals surface area (Å²) in [7, 11) is 0. The smallest absolute Gasteiger partial charge is 0.275 e. The monoisotopic (exact) mass is 294 g/mol. The summed E-state index contributed by atoms with van der Waals surface area (Å²) in [5.41, 5.74) is 2.83. The van der Waals surface area contributed by atoms with Gasteiger partial charge < -0.3 is 5.32 Å². The molecule has 22 heavy (non-hydrogen) atoms. The number of nitrogens with one attached hydrogen (secondary N) is 1. The van der Waals surface area contributed by atoms with Crippen molar-refractivity contribution >= 4 is 11.6 Å². The Labute approximate surface area is 127 Å². The molecular formula is C15H14N6O. The Hall–Kier alpha value is -3.09. The lowest BCUT2D eigenvalue weighted by atomic mass is 10.2. The summed E-state index contributed by atoms with van der Waals surface area (Å²) in [4.78, 5) is 24.0. The first kappa shape index (κ1) is 13.9. The number of nitrogens with zero attached hydrogens (tertiary/aromatic N) is 5. The minimum atomic E-state index is -0.281. The molecule has 0 bridgehead atoms. The van der Waals surface area contributed by atoms with Crippen LogP contribution >= 0.6 is 0 Å². The SMILES string of the molecule is Cc1cnc(C(=O)Nc2ccc(Cn3cncn3)cc2)cn1. The van der Waals surface area contributed by atoms with E-state index in [1.165, 1.54) is 12.5 Å². The highest BCUT2D eigenvalue weighted by Gasteiger charge is 2.08. The van der Waals surface area contributed by atoms with Crippen molar-refractivity contribution in [2.75, 3.05) is 5.32 Å². The molecular weight excluding hydrogens is 280 g/mol. The molecule has 0 unspecified atom stereocenters. The molecule has 7 nitrogen and oxygen atoms in total. The number of hydrogen-bond donors (Lipinski definition) is 1. The van der Waals surface area contributed by atoms with Gasteiger partial charge in [-0.15, -0.1) is 0 Å². The first-order valence-electron chi connectivity index (χ1n) is 6.72. The summed E-state index contributed by atoms with van der Waals surface area (Å²) >= 11 is 0. The van der Waals surface area contributed by atoms with E-state index in [1.807, 2.05) is 31.2 Å². The Morgan fingerprint density at radius 2 is 2.00 bits per heavy atom. The van der Waals surface area contributed by atoms with Crippen molar-refractivity contribution in [2.45, 2.75) is 13.5 Å². The molecule has 1 amide bonds.